The third-order valence-electron chi connectivity index (χ3n) is 4.61. The molecule has 0 radical (unpaired) electrons. The first-order valence-electron chi connectivity index (χ1n) is 9.61. The van der Waals surface area contributed by atoms with Crippen LogP contribution in [0.5, 0.6) is 0 Å². The van der Waals surface area contributed by atoms with Crippen molar-refractivity contribution in [1.82, 2.24) is 20.0 Å². The van der Waals surface area contributed by atoms with Gasteiger partial charge in [-0.2, -0.15) is 0 Å². The Morgan fingerprint density at radius 3 is 2.60 bits per heavy atom. The lowest BCUT2D eigenvalue weighted by Gasteiger charge is -2.25. The second kappa shape index (κ2) is 12.0. The second-order valence-corrected chi connectivity index (χ2v) is 7.96. The zero-order valence-corrected chi connectivity index (χ0v) is 18.0. The molecular formula is C20H27N5O4S. The quantitative estimate of drug-likeness (QED) is 0.644. The lowest BCUT2D eigenvalue weighted by Crippen LogP contribution is -2.31. The van der Waals surface area contributed by atoms with Crippen LogP contribution >= 0.6 is 11.3 Å². The van der Waals surface area contributed by atoms with Crippen LogP contribution < -0.4 is 5.32 Å². The molecule has 1 atom stereocenters. The van der Waals surface area contributed by atoms with E-state index in [0.29, 0.717) is 5.13 Å². The first-order valence-corrected chi connectivity index (χ1v) is 10.5. The van der Waals surface area contributed by atoms with Gasteiger partial charge >= 0.3 is 0 Å². The maximum atomic E-state index is 12.7. The summed E-state index contributed by atoms with van der Waals surface area (Å²) in [7, 11) is 4.10. The molecule has 30 heavy (non-hydrogen) atoms. The number of anilines is 1. The first-order chi connectivity index (χ1) is 14.4. The van der Waals surface area contributed by atoms with Crippen LogP contribution in [0.15, 0.2) is 29.8 Å². The largest absolute Gasteiger partial charge is 0.483 e. The first kappa shape index (κ1) is 23.4. The van der Waals surface area contributed by atoms with Crippen LogP contribution in [0.25, 0.3) is 0 Å². The molecular weight excluding hydrogens is 406 g/mol. The molecule has 1 saturated heterocycles. The number of hydrogen-bond acceptors (Lipinski definition) is 7. The SMILES string of the molecule is CN(C)Cc1ccc(C2CCCN2C(=O)CCC(=O)Nc2nncs2)cc1.O=CO. The minimum absolute atomic E-state index is 0.0299. The molecule has 2 heterocycles. The van der Waals surface area contributed by atoms with Gasteiger partial charge in [0.05, 0.1) is 6.04 Å². The van der Waals surface area contributed by atoms with E-state index in [9.17, 15) is 9.59 Å². The van der Waals surface area contributed by atoms with E-state index in [0.717, 1.165) is 25.9 Å². The fourth-order valence-electron chi connectivity index (χ4n) is 3.40. The smallest absolute Gasteiger partial charge is 0.290 e. The van der Waals surface area contributed by atoms with Crippen molar-refractivity contribution >= 4 is 34.8 Å². The Bertz CT molecular complexity index is 811. The average molecular weight is 434 g/mol. The van der Waals surface area contributed by atoms with Crippen molar-refractivity contribution in [3.05, 3.63) is 40.9 Å². The van der Waals surface area contributed by atoms with Crippen molar-refractivity contribution in [1.29, 1.82) is 0 Å². The van der Waals surface area contributed by atoms with Crippen LogP contribution in [0, 0.1) is 0 Å². The topological polar surface area (TPSA) is 116 Å². The molecule has 10 heteroatoms. The third kappa shape index (κ3) is 7.20. The number of likely N-dealkylation sites (tertiary alicyclic amines) is 1. The van der Waals surface area contributed by atoms with Crippen molar-refractivity contribution in [2.24, 2.45) is 0 Å². The molecule has 2 N–H and O–H groups in total. The van der Waals surface area contributed by atoms with E-state index in [2.05, 4.69) is 44.7 Å². The van der Waals surface area contributed by atoms with Crippen molar-refractivity contribution in [3.63, 3.8) is 0 Å². The number of benzene rings is 1. The highest BCUT2D eigenvalue weighted by Gasteiger charge is 2.29. The van der Waals surface area contributed by atoms with Crippen LogP contribution in [0.1, 0.15) is 42.9 Å². The minimum atomic E-state index is -0.250. The van der Waals surface area contributed by atoms with Gasteiger partial charge in [-0.3, -0.25) is 14.4 Å². The number of nitrogens with zero attached hydrogens (tertiary/aromatic N) is 4. The predicted octanol–water partition coefficient (Wildman–Crippen LogP) is 2.38. The maximum absolute atomic E-state index is 12.7. The number of nitrogens with one attached hydrogen (secondary N) is 1. The zero-order valence-electron chi connectivity index (χ0n) is 17.2. The van der Waals surface area contributed by atoms with E-state index < -0.39 is 0 Å². The molecule has 1 aliphatic heterocycles. The van der Waals surface area contributed by atoms with Crippen LogP contribution in [0.3, 0.4) is 0 Å². The van der Waals surface area contributed by atoms with Crippen LogP contribution in [0.4, 0.5) is 5.13 Å². The highest BCUT2D eigenvalue weighted by Crippen LogP contribution is 2.32. The fraction of sp³-hybridized carbons (Fsp3) is 0.450. The van der Waals surface area contributed by atoms with Gasteiger partial charge in [0.2, 0.25) is 16.9 Å². The standard InChI is InChI=1S/C19H25N5O2S.CH2O2/c1-23(2)12-14-5-7-15(8-6-14)16-4-3-11-24(16)18(26)10-9-17(25)21-19-22-20-13-27-19;2-1-3/h5-8,13,16H,3-4,9-12H2,1-2H3,(H,21,22,25);1H,(H,2,3). The fourth-order valence-corrected chi connectivity index (χ4v) is 3.86. The van der Waals surface area contributed by atoms with Gasteiger partial charge in [-0.25, -0.2) is 0 Å². The highest BCUT2D eigenvalue weighted by atomic mass is 32.1. The van der Waals surface area contributed by atoms with Gasteiger partial charge in [-0.15, -0.1) is 10.2 Å². The summed E-state index contributed by atoms with van der Waals surface area (Å²) in [5.74, 6) is -0.175. The summed E-state index contributed by atoms with van der Waals surface area (Å²) < 4.78 is 0. The van der Waals surface area contributed by atoms with E-state index >= 15 is 0 Å². The van der Waals surface area contributed by atoms with E-state index in [1.807, 2.05) is 19.0 Å². The Kier molecular flexibility index (Phi) is 9.36. The Morgan fingerprint density at radius 1 is 1.30 bits per heavy atom. The maximum Gasteiger partial charge on any atom is 0.290 e. The monoisotopic (exact) mass is 433 g/mol. The molecule has 1 aromatic carbocycles. The molecule has 1 aromatic heterocycles. The van der Waals surface area contributed by atoms with Crippen molar-refractivity contribution in [2.75, 3.05) is 26.0 Å². The zero-order chi connectivity index (χ0) is 21.9. The number of hydrogen-bond donors (Lipinski definition) is 2. The van der Waals surface area contributed by atoms with Gasteiger partial charge in [0.1, 0.15) is 5.51 Å². The molecule has 0 bridgehead atoms. The molecule has 0 saturated carbocycles. The summed E-state index contributed by atoms with van der Waals surface area (Å²) in [6, 6.07) is 8.61. The third-order valence-corrected chi connectivity index (χ3v) is 5.22. The summed E-state index contributed by atoms with van der Waals surface area (Å²) in [4.78, 5) is 37.0. The predicted molar refractivity (Wildman–Crippen MR) is 114 cm³/mol. The van der Waals surface area contributed by atoms with Crippen molar-refractivity contribution < 1.29 is 19.5 Å². The molecule has 1 unspecified atom stereocenters. The molecule has 1 aliphatic rings. The van der Waals surface area contributed by atoms with Crippen LogP contribution in [-0.2, 0) is 20.9 Å². The van der Waals surface area contributed by atoms with Crippen LogP contribution in [0.2, 0.25) is 0 Å². The molecule has 0 spiro atoms. The number of carboxylic acid groups (broad SMARTS) is 1. The second-order valence-electron chi connectivity index (χ2n) is 7.12. The van der Waals surface area contributed by atoms with E-state index in [1.54, 1.807) is 5.51 Å². The number of carbonyl (C=O) groups is 3. The molecule has 2 amide bonds. The van der Waals surface area contributed by atoms with E-state index in [4.69, 9.17) is 9.90 Å². The van der Waals surface area contributed by atoms with Gasteiger partial charge in [-0.05, 0) is 38.1 Å². The summed E-state index contributed by atoms with van der Waals surface area (Å²) in [6.07, 6.45) is 2.33. The highest BCUT2D eigenvalue weighted by molar-refractivity contribution is 7.13. The van der Waals surface area contributed by atoms with Crippen molar-refractivity contribution in [2.45, 2.75) is 38.3 Å². The Balaban J connectivity index is 0.00000101. The molecule has 3 rings (SSSR count). The molecule has 0 aliphatic carbocycles. The number of rotatable bonds is 7. The summed E-state index contributed by atoms with van der Waals surface area (Å²) in [5, 5.41) is 17.5. The van der Waals surface area contributed by atoms with Gasteiger partial charge in [-0.1, -0.05) is 35.6 Å². The summed E-state index contributed by atoms with van der Waals surface area (Å²) in [5.41, 5.74) is 3.98. The number of amides is 2. The van der Waals surface area contributed by atoms with Gasteiger partial charge in [0.25, 0.3) is 6.47 Å². The lowest BCUT2D eigenvalue weighted by atomic mass is 10.0. The molecule has 162 valence electrons. The van der Waals surface area contributed by atoms with Crippen LogP contribution in [-0.4, -0.2) is 64.0 Å². The Labute approximate surface area is 179 Å². The van der Waals surface area contributed by atoms with Gasteiger partial charge in [0, 0.05) is 25.9 Å². The average Bonchev–Trinajstić information content (AvgIpc) is 3.39. The van der Waals surface area contributed by atoms with E-state index in [1.165, 1.54) is 22.5 Å². The molecule has 1 fully saturated rings. The van der Waals surface area contributed by atoms with Gasteiger partial charge < -0.3 is 20.2 Å². The van der Waals surface area contributed by atoms with Crippen molar-refractivity contribution in [3.8, 4) is 0 Å². The molecule has 2 aromatic rings. The Hall–Kier alpha value is -2.85. The Morgan fingerprint density at radius 2 is 2.00 bits per heavy atom. The summed E-state index contributed by atoms with van der Waals surface area (Å²) in [6.45, 7) is 1.40. The minimum Gasteiger partial charge on any atom is -0.483 e. The number of aromatic nitrogens is 2. The van der Waals surface area contributed by atoms with E-state index in [-0.39, 0.29) is 37.2 Å². The molecule has 9 nitrogen and oxygen atoms in total. The normalized spacial score (nSPS) is 15.4. The number of carbonyl (C=O) groups excluding carboxylic acids is 2. The van der Waals surface area contributed by atoms with Gasteiger partial charge in [0.15, 0.2) is 0 Å². The summed E-state index contributed by atoms with van der Waals surface area (Å²) >= 11 is 1.26. The lowest BCUT2D eigenvalue weighted by molar-refractivity contribution is -0.133.